The predicted octanol–water partition coefficient (Wildman–Crippen LogP) is 1.88. The molecule has 0 fully saturated rings. The van der Waals surface area contributed by atoms with Crippen molar-refractivity contribution in [1.82, 2.24) is 9.78 Å². The van der Waals surface area contributed by atoms with Gasteiger partial charge in [-0.25, -0.2) is 4.79 Å². The number of benzene rings is 1. The van der Waals surface area contributed by atoms with E-state index in [9.17, 15) is 13.2 Å². The molecule has 0 spiro atoms. The molecule has 2 N–H and O–H groups in total. The average Bonchev–Trinajstić information content (AvgIpc) is 2.68. The van der Waals surface area contributed by atoms with E-state index in [0.717, 1.165) is 4.68 Å². The van der Waals surface area contributed by atoms with Gasteiger partial charge in [0.2, 0.25) is 0 Å². The Morgan fingerprint density at radius 1 is 1.43 bits per heavy atom. The van der Waals surface area contributed by atoms with E-state index in [1.807, 2.05) is 0 Å². The Bertz CT molecular complexity index is 794. The Labute approximate surface area is 126 Å². The third-order valence-corrected chi connectivity index (χ3v) is 4.69. The van der Waals surface area contributed by atoms with Crippen molar-refractivity contribution in [3.63, 3.8) is 0 Å². The van der Waals surface area contributed by atoms with E-state index in [0.29, 0.717) is 5.56 Å². The molecule has 9 heteroatoms. The first kappa shape index (κ1) is 15.3. The number of sulfonamides is 1. The monoisotopic (exact) mass is 329 g/mol. The molecule has 0 radical (unpaired) electrons. The van der Waals surface area contributed by atoms with E-state index < -0.39 is 16.0 Å². The van der Waals surface area contributed by atoms with Crippen molar-refractivity contribution in [2.75, 3.05) is 4.72 Å². The lowest BCUT2D eigenvalue weighted by Crippen LogP contribution is -2.17. The minimum atomic E-state index is -3.91. The highest BCUT2D eigenvalue weighted by Gasteiger charge is 2.23. The first-order valence-corrected chi connectivity index (χ1v) is 7.63. The van der Waals surface area contributed by atoms with Crippen LogP contribution in [0.1, 0.15) is 15.9 Å². The van der Waals surface area contributed by atoms with Gasteiger partial charge < -0.3 is 5.11 Å². The number of aromatic carboxylic acids is 1. The summed E-state index contributed by atoms with van der Waals surface area (Å²) < 4.78 is 28.0. The van der Waals surface area contributed by atoms with Gasteiger partial charge in [-0.05, 0) is 30.7 Å². The number of hydrogen-bond acceptors (Lipinski definition) is 4. The van der Waals surface area contributed by atoms with Crippen molar-refractivity contribution < 1.29 is 18.3 Å². The zero-order valence-corrected chi connectivity index (χ0v) is 12.7. The molecule has 0 unspecified atom stereocenters. The van der Waals surface area contributed by atoms with E-state index in [1.54, 1.807) is 6.92 Å². The Morgan fingerprint density at radius 2 is 2.10 bits per heavy atom. The third kappa shape index (κ3) is 3.01. The van der Waals surface area contributed by atoms with Crippen molar-refractivity contribution in [3.8, 4) is 0 Å². The van der Waals surface area contributed by atoms with Gasteiger partial charge in [0, 0.05) is 12.7 Å². The van der Waals surface area contributed by atoms with Crippen molar-refractivity contribution in [2.45, 2.75) is 11.9 Å². The summed E-state index contributed by atoms with van der Waals surface area (Å²) in [6.07, 6.45) is 1.23. The minimum Gasteiger partial charge on any atom is -0.478 e. The smallest absolute Gasteiger partial charge is 0.335 e. The zero-order valence-electron chi connectivity index (χ0n) is 11.2. The molecule has 1 aromatic heterocycles. The summed E-state index contributed by atoms with van der Waals surface area (Å²) in [4.78, 5) is 10.9. The van der Waals surface area contributed by atoms with Crippen molar-refractivity contribution >= 4 is 33.3 Å². The lowest BCUT2D eigenvalue weighted by Gasteiger charge is -2.10. The summed E-state index contributed by atoms with van der Waals surface area (Å²) in [5.41, 5.74) is 0.796. The first-order valence-electron chi connectivity index (χ1n) is 5.76. The number of aryl methyl sites for hydroxylation is 2. The molecule has 0 saturated heterocycles. The van der Waals surface area contributed by atoms with Gasteiger partial charge in [0.05, 0.1) is 16.8 Å². The van der Waals surface area contributed by atoms with Crippen LogP contribution in [-0.4, -0.2) is 29.3 Å². The molecule has 0 saturated carbocycles. The Hall–Kier alpha value is -2.06. The maximum absolute atomic E-state index is 12.3. The van der Waals surface area contributed by atoms with Gasteiger partial charge in [0.1, 0.15) is 0 Å². The van der Waals surface area contributed by atoms with Crippen molar-refractivity contribution in [3.05, 3.63) is 40.5 Å². The second-order valence-corrected chi connectivity index (χ2v) is 6.37. The van der Waals surface area contributed by atoms with Crippen LogP contribution in [0.4, 0.5) is 5.69 Å². The van der Waals surface area contributed by atoms with Gasteiger partial charge in [-0.15, -0.1) is 0 Å². The molecule has 1 heterocycles. The SMILES string of the molecule is Cc1cc(NS(=O)(=O)c2c(Cl)cnn2C)ccc1C(=O)O. The quantitative estimate of drug-likeness (QED) is 0.891. The topological polar surface area (TPSA) is 101 Å². The van der Waals surface area contributed by atoms with Crippen LogP contribution in [0, 0.1) is 6.92 Å². The van der Waals surface area contributed by atoms with Crippen molar-refractivity contribution in [2.24, 2.45) is 7.05 Å². The van der Waals surface area contributed by atoms with Gasteiger partial charge in [0.15, 0.2) is 5.03 Å². The summed E-state index contributed by atoms with van der Waals surface area (Å²) in [5, 5.41) is 12.6. The normalized spacial score (nSPS) is 11.4. The van der Waals surface area contributed by atoms with Crippen LogP contribution in [0.2, 0.25) is 5.02 Å². The summed E-state index contributed by atoms with van der Waals surface area (Å²) in [6, 6.07) is 4.14. The molecular formula is C12H12ClN3O4S. The molecule has 2 aromatic rings. The third-order valence-electron chi connectivity index (χ3n) is 2.81. The maximum atomic E-state index is 12.3. The summed E-state index contributed by atoms with van der Waals surface area (Å²) in [5.74, 6) is -1.07. The number of halogens is 1. The molecular weight excluding hydrogens is 318 g/mol. The Balaban J connectivity index is 2.38. The fraction of sp³-hybridized carbons (Fsp3) is 0.167. The second kappa shape index (κ2) is 5.38. The summed E-state index contributed by atoms with van der Waals surface area (Å²) in [7, 11) is -2.45. The summed E-state index contributed by atoms with van der Waals surface area (Å²) in [6.45, 7) is 1.58. The highest BCUT2D eigenvalue weighted by Crippen LogP contribution is 2.24. The molecule has 0 atom stereocenters. The van der Waals surface area contributed by atoms with E-state index in [1.165, 1.54) is 31.4 Å². The minimum absolute atomic E-state index is 0.00359. The largest absolute Gasteiger partial charge is 0.478 e. The standard InChI is InChI=1S/C12H12ClN3O4S/c1-7-5-8(3-4-9(7)12(17)18)15-21(19,20)11-10(13)6-14-16(11)2/h3-6,15H,1-2H3,(H,17,18). The van der Waals surface area contributed by atoms with Crippen LogP contribution < -0.4 is 4.72 Å². The van der Waals surface area contributed by atoms with Gasteiger partial charge in [-0.2, -0.15) is 13.5 Å². The van der Waals surface area contributed by atoms with Crippen molar-refractivity contribution in [1.29, 1.82) is 0 Å². The lowest BCUT2D eigenvalue weighted by atomic mass is 10.1. The fourth-order valence-corrected chi connectivity index (χ4v) is 3.58. The number of hydrogen-bond donors (Lipinski definition) is 2. The number of rotatable bonds is 4. The number of nitrogens with zero attached hydrogens (tertiary/aromatic N) is 2. The fourth-order valence-electron chi connectivity index (χ4n) is 1.87. The second-order valence-electron chi connectivity index (χ2n) is 4.36. The van der Waals surface area contributed by atoms with Gasteiger partial charge in [-0.1, -0.05) is 11.6 Å². The highest BCUT2D eigenvalue weighted by molar-refractivity contribution is 7.92. The Kier molecular flexibility index (Phi) is 3.93. The molecule has 1 aromatic carbocycles. The van der Waals surface area contributed by atoms with Gasteiger partial charge in [0.25, 0.3) is 10.0 Å². The van der Waals surface area contributed by atoms with E-state index in [-0.39, 0.29) is 21.3 Å². The Morgan fingerprint density at radius 3 is 2.57 bits per heavy atom. The maximum Gasteiger partial charge on any atom is 0.335 e. The van der Waals surface area contributed by atoms with E-state index in [4.69, 9.17) is 16.7 Å². The number of carboxylic acid groups (broad SMARTS) is 1. The van der Waals surface area contributed by atoms with Crippen LogP contribution in [0.15, 0.2) is 29.4 Å². The van der Waals surface area contributed by atoms with Crippen LogP contribution in [0.3, 0.4) is 0 Å². The molecule has 0 aliphatic rings. The van der Waals surface area contributed by atoms with Crippen LogP contribution in [0.5, 0.6) is 0 Å². The molecule has 0 amide bonds. The number of anilines is 1. The lowest BCUT2D eigenvalue weighted by molar-refractivity contribution is 0.0696. The average molecular weight is 330 g/mol. The number of carbonyl (C=O) groups is 1. The van der Waals surface area contributed by atoms with E-state index in [2.05, 4.69) is 9.82 Å². The molecule has 2 rings (SSSR count). The number of aromatic nitrogens is 2. The summed E-state index contributed by atoms with van der Waals surface area (Å²) >= 11 is 5.81. The van der Waals surface area contributed by atoms with Crippen LogP contribution >= 0.6 is 11.6 Å². The molecule has 7 nitrogen and oxygen atoms in total. The molecule has 21 heavy (non-hydrogen) atoms. The molecule has 0 aliphatic heterocycles. The number of nitrogens with one attached hydrogen (secondary N) is 1. The molecule has 0 bridgehead atoms. The van der Waals surface area contributed by atoms with Crippen LogP contribution in [0.25, 0.3) is 0 Å². The van der Waals surface area contributed by atoms with Gasteiger partial charge in [-0.3, -0.25) is 9.40 Å². The predicted molar refractivity (Wildman–Crippen MR) is 77.2 cm³/mol. The molecule has 0 aliphatic carbocycles. The molecule has 112 valence electrons. The first-order chi connectivity index (χ1) is 9.72. The van der Waals surface area contributed by atoms with E-state index >= 15 is 0 Å². The van der Waals surface area contributed by atoms with Crippen LogP contribution in [-0.2, 0) is 17.1 Å². The zero-order chi connectivity index (χ0) is 15.8. The number of carboxylic acids is 1. The highest BCUT2D eigenvalue weighted by atomic mass is 35.5. The van der Waals surface area contributed by atoms with Gasteiger partial charge >= 0.3 is 5.97 Å².